The van der Waals surface area contributed by atoms with Gasteiger partial charge in [0.05, 0.1) is 5.60 Å². The molecule has 6 aliphatic rings. The Bertz CT molecular complexity index is 206. The lowest BCUT2D eigenvalue weighted by atomic mass is 8.99. The highest BCUT2D eigenvalue weighted by molar-refractivity contribution is 5.51. The first kappa shape index (κ1) is 3.38. The summed E-state index contributed by atoms with van der Waals surface area (Å²) >= 11 is 0. The molecule has 0 aliphatic heterocycles. The van der Waals surface area contributed by atoms with Crippen molar-refractivity contribution in [3.8, 4) is 0 Å². The second-order valence-corrected chi connectivity index (χ2v) is 4.77. The van der Waals surface area contributed by atoms with Crippen LogP contribution in [0.3, 0.4) is 0 Å². The molecular formula is C8H8O. The molecule has 0 amide bonds. The molecule has 0 atom stereocenters. The highest BCUT2D eigenvalue weighted by atomic mass is 16.3. The van der Waals surface area contributed by atoms with Gasteiger partial charge in [0.2, 0.25) is 0 Å². The molecule has 46 valence electrons. The molecule has 1 N–H and O–H groups in total. The predicted molar refractivity (Wildman–Crippen MR) is 29.4 cm³/mol. The Kier molecular flexibility index (Phi) is 0.199. The van der Waals surface area contributed by atoms with Crippen molar-refractivity contribution in [1.29, 1.82) is 0 Å². The molecule has 0 bridgehead atoms. The van der Waals surface area contributed by atoms with Crippen molar-refractivity contribution in [1.82, 2.24) is 0 Å². The van der Waals surface area contributed by atoms with Crippen molar-refractivity contribution >= 4 is 0 Å². The summed E-state index contributed by atoms with van der Waals surface area (Å²) in [7, 11) is 0. The molecule has 0 heterocycles. The summed E-state index contributed by atoms with van der Waals surface area (Å²) in [5, 5.41) is 9.80. The van der Waals surface area contributed by atoms with Crippen LogP contribution in [-0.2, 0) is 0 Å². The van der Waals surface area contributed by atoms with Gasteiger partial charge < -0.3 is 5.11 Å². The van der Waals surface area contributed by atoms with Gasteiger partial charge in [-0.3, -0.25) is 0 Å². The smallest absolute Gasteiger partial charge is 0.0749 e. The second kappa shape index (κ2) is 0.531. The van der Waals surface area contributed by atoms with Gasteiger partial charge in [0, 0.05) is 0 Å². The molecule has 9 heavy (non-hydrogen) atoms. The monoisotopic (exact) mass is 120 g/mol. The summed E-state index contributed by atoms with van der Waals surface area (Å²) in [6, 6.07) is 0. The summed E-state index contributed by atoms with van der Waals surface area (Å²) in [5.74, 6) is 6.81. The van der Waals surface area contributed by atoms with Crippen LogP contribution in [-0.4, -0.2) is 10.7 Å². The number of hydrogen-bond donors (Lipinski definition) is 1. The molecule has 0 unspecified atom stereocenters. The molecule has 0 aromatic carbocycles. The molecule has 0 spiro atoms. The zero-order valence-corrected chi connectivity index (χ0v) is 4.99. The standard InChI is InChI=1S/C8H8O/c9-8-5-2-1-3(5)7(8)4(1)6(2)8/h1-7,9H. The third-order valence-electron chi connectivity index (χ3n) is 5.42. The van der Waals surface area contributed by atoms with Crippen molar-refractivity contribution in [2.45, 2.75) is 5.60 Å². The van der Waals surface area contributed by atoms with Crippen LogP contribution in [0.1, 0.15) is 0 Å². The number of hydrogen-bond acceptors (Lipinski definition) is 1. The average molecular weight is 120 g/mol. The van der Waals surface area contributed by atoms with Gasteiger partial charge in [-0.05, 0) is 41.4 Å². The van der Waals surface area contributed by atoms with Crippen molar-refractivity contribution in [3.63, 3.8) is 0 Å². The fraction of sp³-hybridized carbons (Fsp3) is 1.00. The van der Waals surface area contributed by atoms with Gasteiger partial charge in [-0.1, -0.05) is 0 Å². The molecule has 6 fully saturated rings. The van der Waals surface area contributed by atoms with E-state index >= 15 is 0 Å². The minimum atomic E-state index is -0.0330. The van der Waals surface area contributed by atoms with E-state index in [-0.39, 0.29) is 5.60 Å². The maximum Gasteiger partial charge on any atom is 0.0749 e. The van der Waals surface area contributed by atoms with E-state index in [1.165, 1.54) is 0 Å². The molecule has 0 aromatic heterocycles. The van der Waals surface area contributed by atoms with E-state index in [0.717, 1.165) is 41.4 Å². The molecular weight excluding hydrogens is 112 g/mol. The topological polar surface area (TPSA) is 20.2 Å². The van der Waals surface area contributed by atoms with Crippen LogP contribution in [0.4, 0.5) is 0 Å². The molecule has 0 aromatic rings. The number of aliphatic hydroxyl groups is 1. The van der Waals surface area contributed by atoms with Gasteiger partial charge in [0.25, 0.3) is 0 Å². The summed E-state index contributed by atoms with van der Waals surface area (Å²) in [6.07, 6.45) is 0. The van der Waals surface area contributed by atoms with Gasteiger partial charge in [-0.25, -0.2) is 0 Å². The molecule has 0 saturated heterocycles. The third-order valence-corrected chi connectivity index (χ3v) is 5.42. The highest BCUT2D eigenvalue weighted by Gasteiger charge is 3.04. The van der Waals surface area contributed by atoms with E-state index in [0.29, 0.717) is 0 Å². The zero-order valence-electron chi connectivity index (χ0n) is 4.99. The molecule has 1 nitrogen and oxygen atoms in total. The van der Waals surface area contributed by atoms with Crippen molar-refractivity contribution < 1.29 is 5.11 Å². The van der Waals surface area contributed by atoms with Gasteiger partial charge >= 0.3 is 0 Å². The van der Waals surface area contributed by atoms with Gasteiger partial charge in [-0.2, -0.15) is 0 Å². The van der Waals surface area contributed by atoms with Crippen molar-refractivity contribution in [2.24, 2.45) is 41.4 Å². The Balaban J connectivity index is 1.93. The van der Waals surface area contributed by atoms with Gasteiger partial charge in [0.1, 0.15) is 0 Å². The Labute approximate surface area is 53.1 Å². The maximum absolute atomic E-state index is 9.80. The fourth-order valence-corrected chi connectivity index (χ4v) is 5.37. The van der Waals surface area contributed by atoms with E-state index in [1.54, 1.807) is 0 Å². The van der Waals surface area contributed by atoms with E-state index in [9.17, 15) is 5.11 Å². The molecule has 1 heteroatoms. The minimum absolute atomic E-state index is 0.0330. The molecule has 6 rings (SSSR count). The molecule has 6 saturated carbocycles. The highest BCUT2D eigenvalue weighted by Crippen LogP contribution is 3.02. The lowest BCUT2D eigenvalue weighted by Gasteiger charge is -3.05. The summed E-state index contributed by atoms with van der Waals surface area (Å²) in [5.41, 5.74) is -0.0330. The first-order valence-electron chi connectivity index (χ1n) is 4.09. The van der Waals surface area contributed by atoms with Crippen LogP contribution < -0.4 is 0 Å². The van der Waals surface area contributed by atoms with Crippen LogP contribution in [0.2, 0.25) is 0 Å². The Morgan fingerprint density at radius 2 is 1.22 bits per heavy atom. The average Bonchev–Trinajstić information content (AvgIpc) is 1.88. The molecule has 6 aliphatic carbocycles. The fourth-order valence-electron chi connectivity index (χ4n) is 5.37. The van der Waals surface area contributed by atoms with Crippen LogP contribution in [0, 0.1) is 41.4 Å². The quantitative estimate of drug-likeness (QED) is 0.480. The SMILES string of the molecule is OC12C3C4C5C3C1C5C42. The van der Waals surface area contributed by atoms with Gasteiger partial charge in [-0.15, -0.1) is 0 Å². The summed E-state index contributed by atoms with van der Waals surface area (Å²) in [6.45, 7) is 0. The lowest BCUT2D eigenvalue weighted by Crippen LogP contribution is -3.08. The van der Waals surface area contributed by atoms with E-state index in [2.05, 4.69) is 0 Å². The van der Waals surface area contributed by atoms with Gasteiger partial charge in [0.15, 0.2) is 0 Å². The first-order valence-corrected chi connectivity index (χ1v) is 4.09. The van der Waals surface area contributed by atoms with E-state index in [4.69, 9.17) is 0 Å². The van der Waals surface area contributed by atoms with Crippen LogP contribution >= 0.6 is 0 Å². The summed E-state index contributed by atoms with van der Waals surface area (Å²) in [4.78, 5) is 0. The van der Waals surface area contributed by atoms with Crippen LogP contribution in [0.15, 0.2) is 0 Å². The maximum atomic E-state index is 9.80. The predicted octanol–water partition coefficient (Wildman–Crippen LogP) is 0.0989. The Morgan fingerprint density at radius 1 is 0.778 bits per heavy atom. The van der Waals surface area contributed by atoms with Crippen LogP contribution in [0.25, 0.3) is 0 Å². The largest absolute Gasteiger partial charge is 0.389 e. The van der Waals surface area contributed by atoms with Crippen molar-refractivity contribution in [3.05, 3.63) is 0 Å². The number of rotatable bonds is 0. The van der Waals surface area contributed by atoms with E-state index < -0.39 is 0 Å². The third kappa shape index (κ3) is 0.0971. The van der Waals surface area contributed by atoms with Crippen LogP contribution in [0.5, 0.6) is 0 Å². The minimum Gasteiger partial charge on any atom is -0.389 e. The normalized spacial score (nSPS) is 106. The van der Waals surface area contributed by atoms with E-state index in [1.807, 2.05) is 0 Å². The van der Waals surface area contributed by atoms with Crippen molar-refractivity contribution in [2.75, 3.05) is 0 Å². The Hall–Kier alpha value is -0.0400. The molecule has 0 radical (unpaired) electrons. The second-order valence-electron chi connectivity index (χ2n) is 4.77. The first-order chi connectivity index (χ1) is 4.37. The summed E-state index contributed by atoms with van der Waals surface area (Å²) < 4.78 is 0. The lowest BCUT2D eigenvalue weighted by molar-refractivity contribution is -0.621. The Morgan fingerprint density at radius 3 is 1.44 bits per heavy atom. The zero-order chi connectivity index (χ0) is 5.54.